The van der Waals surface area contributed by atoms with Crippen LogP contribution < -0.4 is 4.74 Å². The molecule has 1 nitrogen and oxygen atoms in total. The second kappa shape index (κ2) is 3.96. The monoisotopic (exact) mass is 162 g/mol. The molecule has 1 aromatic carbocycles. The number of hydrogen-bond acceptors (Lipinski definition) is 1. The minimum absolute atomic E-state index is 0.348. The molecule has 0 radical (unpaired) electrons. The van der Waals surface area contributed by atoms with Gasteiger partial charge in [-0.3, -0.25) is 0 Å². The minimum Gasteiger partial charge on any atom is -0.496 e. The van der Waals surface area contributed by atoms with E-state index in [1.54, 1.807) is 7.11 Å². The summed E-state index contributed by atoms with van der Waals surface area (Å²) in [6.07, 6.45) is 1.91. The Kier molecular flexibility index (Phi) is 2.92. The first-order chi connectivity index (χ1) is 5.79. The number of hydrogen-bond donors (Lipinski definition) is 0. The van der Waals surface area contributed by atoms with Crippen LogP contribution in [0.5, 0.6) is 5.75 Å². The van der Waals surface area contributed by atoms with E-state index in [0.717, 1.165) is 5.75 Å². The molecule has 1 rings (SSSR count). The molecule has 0 fully saturated rings. The van der Waals surface area contributed by atoms with Crippen molar-refractivity contribution in [2.24, 2.45) is 0 Å². The third kappa shape index (κ3) is 1.67. The highest BCUT2D eigenvalue weighted by Gasteiger charge is 2.05. The topological polar surface area (TPSA) is 9.23 Å². The molecule has 0 saturated heterocycles. The Hall–Kier alpha value is -1.24. The number of rotatable bonds is 3. The van der Waals surface area contributed by atoms with Crippen LogP contribution in [0.2, 0.25) is 0 Å². The maximum Gasteiger partial charge on any atom is 0.122 e. The van der Waals surface area contributed by atoms with E-state index in [1.165, 1.54) is 5.56 Å². The van der Waals surface area contributed by atoms with Crippen LogP contribution in [0.3, 0.4) is 0 Å². The maximum absolute atomic E-state index is 5.22. The van der Waals surface area contributed by atoms with Crippen LogP contribution in [0.25, 0.3) is 0 Å². The predicted octanol–water partition coefficient (Wildman–Crippen LogP) is 2.98. The number of para-hydroxylation sites is 1. The minimum atomic E-state index is 0.348. The van der Waals surface area contributed by atoms with Gasteiger partial charge in [0, 0.05) is 11.5 Å². The predicted molar refractivity (Wildman–Crippen MR) is 51.6 cm³/mol. The normalized spacial score (nSPS) is 12.2. The quantitative estimate of drug-likeness (QED) is 0.621. The fourth-order valence-corrected chi connectivity index (χ4v) is 1.17. The zero-order chi connectivity index (χ0) is 8.97. The summed E-state index contributed by atoms with van der Waals surface area (Å²) >= 11 is 0. The van der Waals surface area contributed by atoms with Crippen molar-refractivity contribution in [1.82, 2.24) is 0 Å². The lowest BCUT2D eigenvalue weighted by molar-refractivity contribution is 0.408. The molecule has 0 heterocycles. The highest BCUT2D eigenvalue weighted by molar-refractivity contribution is 5.37. The molecule has 0 saturated carbocycles. The highest BCUT2D eigenvalue weighted by atomic mass is 16.5. The molecule has 1 aromatic rings. The Morgan fingerprint density at radius 2 is 2.08 bits per heavy atom. The summed E-state index contributed by atoms with van der Waals surface area (Å²) in [5, 5.41) is 0. The Labute approximate surface area is 73.7 Å². The zero-order valence-electron chi connectivity index (χ0n) is 7.58. The van der Waals surface area contributed by atoms with E-state index in [-0.39, 0.29) is 0 Å². The van der Waals surface area contributed by atoms with Gasteiger partial charge in [-0.25, -0.2) is 0 Å². The summed E-state index contributed by atoms with van der Waals surface area (Å²) in [5.41, 5.74) is 1.19. The van der Waals surface area contributed by atoms with Gasteiger partial charge in [-0.1, -0.05) is 31.2 Å². The van der Waals surface area contributed by atoms with E-state index in [9.17, 15) is 0 Å². The van der Waals surface area contributed by atoms with Crippen molar-refractivity contribution in [2.75, 3.05) is 7.11 Å². The Balaban J connectivity index is 3.04. The van der Waals surface area contributed by atoms with Gasteiger partial charge < -0.3 is 4.74 Å². The van der Waals surface area contributed by atoms with E-state index < -0.39 is 0 Å². The second-order valence-corrected chi connectivity index (χ2v) is 2.77. The Bertz CT molecular complexity index is 265. The SMILES string of the molecule is C=C[C@H](C)c1ccccc1OC. The van der Waals surface area contributed by atoms with Gasteiger partial charge in [-0.15, -0.1) is 6.58 Å². The van der Waals surface area contributed by atoms with Crippen molar-refractivity contribution in [2.45, 2.75) is 12.8 Å². The van der Waals surface area contributed by atoms with Crippen LogP contribution in [0.1, 0.15) is 18.4 Å². The van der Waals surface area contributed by atoms with Gasteiger partial charge in [0.05, 0.1) is 7.11 Å². The smallest absolute Gasteiger partial charge is 0.122 e. The van der Waals surface area contributed by atoms with E-state index in [0.29, 0.717) is 5.92 Å². The molecule has 1 atom stereocenters. The van der Waals surface area contributed by atoms with Crippen molar-refractivity contribution < 1.29 is 4.74 Å². The number of allylic oxidation sites excluding steroid dienone is 1. The summed E-state index contributed by atoms with van der Waals surface area (Å²) in [4.78, 5) is 0. The fraction of sp³-hybridized carbons (Fsp3) is 0.273. The Morgan fingerprint density at radius 3 is 2.67 bits per heavy atom. The number of benzene rings is 1. The third-order valence-corrected chi connectivity index (χ3v) is 1.98. The summed E-state index contributed by atoms with van der Waals surface area (Å²) < 4.78 is 5.22. The lowest BCUT2D eigenvalue weighted by Gasteiger charge is -2.10. The van der Waals surface area contributed by atoms with Gasteiger partial charge >= 0.3 is 0 Å². The summed E-state index contributed by atoms with van der Waals surface area (Å²) in [6, 6.07) is 8.01. The number of ether oxygens (including phenoxy) is 1. The first kappa shape index (κ1) is 8.85. The van der Waals surface area contributed by atoms with Crippen molar-refractivity contribution in [3.05, 3.63) is 42.5 Å². The molecule has 0 amide bonds. The van der Waals surface area contributed by atoms with Gasteiger partial charge in [0.15, 0.2) is 0 Å². The average Bonchev–Trinajstić information content (AvgIpc) is 2.16. The van der Waals surface area contributed by atoms with Gasteiger partial charge in [0.1, 0.15) is 5.75 Å². The highest BCUT2D eigenvalue weighted by Crippen LogP contribution is 2.26. The lowest BCUT2D eigenvalue weighted by Crippen LogP contribution is -1.93. The molecule has 0 aliphatic rings. The summed E-state index contributed by atoms with van der Waals surface area (Å²) in [7, 11) is 1.69. The summed E-state index contributed by atoms with van der Waals surface area (Å²) in [5.74, 6) is 1.28. The molecule has 0 spiro atoms. The second-order valence-electron chi connectivity index (χ2n) is 2.77. The maximum atomic E-state index is 5.22. The molecule has 0 aliphatic heterocycles. The van der Waals surface area contributed by atoms with Crippen LogP contribution >= 0.6 is 0 Å². The third-order valence-electron chi connectivity index (χ3n) is 1.98. The molecule has 0 bridgehead atoms. The average molecular weight is 162 g/mol. The molecule has 64 valence electrons. The van der Waals surface area contributed by atoms with E-state index in [2.05, 4.69) is 19.6 Å². The molecule has 0 aromatic heterocycles. The van der Waals surface area contributed by atoms with Gasteiger partial charge in [0.2, 0.25) is 0 Å². The van der Waals surface area contributed by atoms with Crippen LogP contribution in [0, 0.1) is 0 Å². The van der Waals surface area contributed by atoms with Crippen molar-refractivity contribution in [3.8, 4) is 5.75 Å². The standard InChI is InChI=1S/C11H14O/c1-4-9(2)10-7-5-6-8-11(10)12-3/h4-9H,1H2,2-3H3/t9-/m0/s1. The molecule has 1 heteroatoms. The van der Waals surface area contributed by atoms with Crippen LogP contribution in [-0.2, 0) is 0 Å². The van der Waals surface area contributed by atoms with Crippen molar-refractivity contribution in [1.29, 1.82) is 0 Å². The molecule has 0 N–H and O–H groups in total. The zero-order valence-corrected chi connectivity index (χ0v) is 7.58. The fourth-order valence-electron chi connectivity index (χ4n) is 1.17. The first-order valence-electron chi connectivity index (χ1n) is 4.05. The first-order valence-corrected chi connectivity index (χ1v) is 4.05. The molecule has 0 aliphatic carbocycles. The molecular weight excluding hydrogens is 148 g/mol. The summed E-state index contributed by atoms with van der Waals surface area (Å²) in [6.45, 7) is 5.86. The van der Waals surface area contributed by atoms with Gasteiger partial charge in [-0.05, 0) is 6.07 Å². The lowest BCUT2D eigenvalue weighted by atomic mass is 10.0. The van der Waals surface area contributed by atoms with Crippen LogP contribution in [-0.4, -0.2) is 7.11 Å². The molecular formula is C11H14O. The van der Waals surface area contributed by atoms with Gasteiger partial charge in [0.25, 0.3) is 0 Å². The molecule has 0 unspecified atom stereocenters. The number of methoxy groups -OCH3 is 1. The molecule has 12 heavy (non-hydrogen) atoms. The van der Waals surface area contributed by atoms with Crippen LogP contribution in [0.15, 0.2) is 36.9 Å². The largest absolute Gasteiger partial charge is 0.496 e. The van der Waals surface area contributed by atoms with E-state index in [4.69, 9.17) is 4.74 Å². The van der Waals surface area contributed by atoms with Crippen molar-refractivity contribution in [3.63, 3.8) is 0 Å². The Morgan fingerprint density at radius 1 is 1.42 bits per heavy atom. The van der Waals surface area contributed by atoms with Gasteiger partial charge in [-0.2, -0.15) is 0 Å². The van der Waals surface area contributed by atoms with E-state index >= 15 is 0 Å². The van der Waals surface area contributed by atoms with Crippen LogP contribution in [0.4, 0.5) is 0 Å². The van der Waals surface area contributed by atoms with Crippen molar-refractivity contribution >= 4 is 0 Å². The van der Waals surface area contributed by atoms with E-state index in [1.807, 2.05) is 24.3 Å².